The van der Waals surface area contributed by atoms with Gasteiger partial charge in [-0.2, -0.15) is 0 Å². The first-order valence-corrected chi connectivity index (χ1v) is 6.17. The summed E-state index contributed by atoms with van der Waals surface area (Å²) in [6, 6.07) is 0. The van der Waals surface area contributed by atoms with E-state index in [1.165, 1.54) is 0 Å². The molecule has 0 aromatic rings. The van der Waals surface area contributed by atoms with Crippen LogP contribution in [0.5, 0.6) is 0 Å². The molecule has 3 heteroatoms. The molecular formula is C14H16O3. The van der Waals surface area contributed by atoms with E-state index in [2.05, 4.69) is 6.92 Å². The Morgan fingerprint density at radius 3 is 2.94 bits per heavy atom. The molecule has 0 N–H and O–H groups in total. The van der Waals surface area contributed by atoms with Crippen LogP contribution < -0.4 is 0 Å². The largest absolute Gasteiger partial charge is 0.457 e. The number of carbonyl (C=O) groups excluding carboxylic acids is 2. The molecule has 0 amide bonds. The number of hydrogen-bond acceptors (Lipinski definition) is 3. The van der Waals surface area contributed by atoms with Crippen molar-refractivity contribution in [3.05, 3.63) is 23.8 Å². The van der Waals surface area contributed by atoms with Gasteiger partial charge in [-0.15, -0.1) is 0 Å². The third-order valence-corrected chi connectivity index (χ3v) is 4.52. The average Bonchev–Trinajstić information content (AvgIpc) is 2.57. The van der Waals surface area contributed by atoms with E-state index in [-0.39, 0.29) is 35.1 Å². The first-order valence-electron chi connectivity index (χ1n) is 6.17. The highest BCUT2D eigenvalue weighted by atomic mass is 16.6. The number of allylic oxidation sites excluding steroid dienone is 3. The summed E-state index contributed by atoms with van der Waals surface area (Å²) in [5.41, 5.74) is 0.901. The van der Waals surface area contributed by atoms with Crippen LogP contribution in [0.15, 0.2) is 23.8 Å². The van der Waals surface area contributed by atoms with Crippen LogP contribution in [-0.2, 0) is 14.3 Å². The Labute approximate surface area is 101 Å². The summed E-state index contributed by atoms with van der Waals surface area (Å²) in [5, 5.41) is 0. The molecule has 3 rings (SSSR count). The van der Waals surface area contributed by atoms with Crippen molar-refractivity contribution in [1.82, 2.24) is 0 Å². The second-order valence-corrected chi connectivity index (χ2v) is 5.60. The highest BCUT2D eigenvalue weighted by Gasteiger charge is 2.51. The molecule has 0 bridgehead atoms. The van der Waals surface area contributed by atoms with Gasteiger partial charge in [-0.3, -0.25) is 9.59 Å². The SMILES string of the molecule is C[C@@H]1C(=O)O[C@@H]2C3=CC(=O)C=C[C@]3(C)CC[C@@H]12. The standard InChI is InChI=1S/C14H16O3/c1-8-10-4-6-14(2)5-3-9(15)7-11(14)12(10)17-13(8)16/h3,5,7-8,10,12H,4,6H2,1-2H3/t8-,10-,12-,14+/m0/s1. The Morgan fingerprint density at radius 1 is 1.41 bits per heavy atom. The maximum Gasteiger partial charge on any atom is 0.309 e. The number of ether oxygens (including phenoxy) is 1. The minimum absolute atomic E-state index is 0.00808. The van der Waals surface area contributed by atoms with Gasteiger partial charge in [0.1, 0.15) is 6.10 Å². The molecule has 0 radical (unpaired) electrons. The van der Waals surface area contributed by atoms with Crippen molar-refractivity contribution in [3.8, 4) is 0 Å². The second kappa shape index (κ2) is 3.31. The fourth-order valence-electron chi connectivity index (χ4n) is 3.28. The van der Waals surface area contributed by atoms with Gasteiger partial charge in [0.25, 0.3) is 0 Å². The zero-order chi connectivity index (χ0) is 12.2. The lowest BCUT2D eigenvalue weighted by Gasteiger charge is -2.41. The summed E-state index contributed by atoms with van der Waals surface area (Å²) in [7, 11) is 0. The summed E-state index contributed by atoms with van der Waals surface area (Å²) in [6.45, 7) is 4.05. The van der Waals surface area contributed by atoms with E-state index in [1.54, 1.807) is 12.2 Å². The molecule has 4 atom stereocenters. The first-order chi connectivity index (χ1) is 8.01. The van der Waals surface area contributed by atoms with Crippen LogP contribution in [0.3, 0.4) is 0 Å². The monoisotopic (exact) mass is 232 g/mol. The van der Waals surface area contributed by atoms with E-state index in [1.807, 2.05) is 13.0 Å². The van der Waals surface area contributed by atoms with Gasteiger partial charge >= 0.3 is 5.97 Å². The van der Waals surface area contributed by atoms with E-state index < -0.39 is 0 Å². The third kappa shape index (κ3) is 1.41. The van der Waals surface area contributed by atoms with Gasteiger partial charge in [0.2, 0.25) is 0 Å². The van der Waals surface area contributed by atoms with Crippen molar-refractivity contribution in [2.45, 2.75) is 32.8 Å². The molecule has 17 heavy (non-hydrogen) atoms. The number of ketones is 1. The molecule has 1 saturated carbocycles. The second-order valence-electron chi connectivity index (χ2n) is 5.60. The summed E-state index contributed by atoms with van der Waals surface area (Å²) < 4.78 is 5.47. The van der Waals surface area contributed by atoms with Gasteiger partial charge in [0.05, 0.1) is 5.92 Å². The van der Waals surface area contributed by atoms with Gasteiger partial charge in [-0.25, -0.2) is 0 Å². The van der Waals surface area contributed by atoms with Gasteiger partial charge < -0.3 is 4.74 Å². The van der Waals surface area contributed by atoms with Gasteiger partial charge in [0.15, 0.2) is 5.78 Å². The minimum atomic E-state index is -0.176. The lowest BCUT2D eigenvalue weighted by Crippen LogP contribution is -2.38. The fourth-order valence-corrected chi connectivity index (χ4v) is 3.28. The molecule has 3 nitrogen and oxygen atoms in total. The molecule has 3 aliphatic rings. The van der Waals surface area contributed by atoms with Crippen LogP contribution >= 0.6 is 0 Å². The van der Waals surface area contributed by atoms with E-state index >= 15 is 0 Å². The molecule has 1 heterocycles. The van der Waals surface area contributed by atoms with Crippen LogP contribution in [0, 0.1) is 17.3 Å². The maximum atomic E-state index is 11.6. The van der Waals surface area contributed by atoms with Crippen molar-refractivity contribution < 1.29 is 14.3 Å². The molecule has 0 aromatic heterocycles. The predicted octanol–water partition coefficient (Wildman–Crippen LogP) is 2.03. The quantitative estimate of drug-likeness (QED) is 0.600. The van der Waals surface area contributed by atoms with E-state index in [4.69, 9.17) is 4.74 Å². The van der Waals surface area contributed by atoms with Gasteiger partial charge in [-0.05, 0) is 30.6 Å². The lowest BCUT2D eigenvalue weighted by atomic mass is 9.63. The van der Waals surface area contributed by atoms with Crippen LogP contribution in [0.1, 0.15) is 26.7 Å². The molecule has 2 fully saturated rings. The molecule has 1 saturated heterocycles. The molecule has 0 unspecified atom stereocenters. The fraction of sp³-hybridized carbons (Fsp3) is 0.571. The highest BCUT2D eigenvalue weighted by molar-refractivity contribution is 6.01. The zero-order valence-corrected chi connectivity index (χ0v) is 10.1. The molecule has 0 aromatic carbocycles. The van der Waals surface area contributed by atoms with E-state index in [0.29, 0.717) is 0 Å². The summed E-state index contributed by atoms with van der Waals surface area (Å²) in [4.78, 5) is 23.2. The number of carbonyl (C=O) groups is 2. The smallest absolute Gasteiger partial charge is 0.309 e. The Balaban J connectivity index is 2.02. The van der Waals surface area contributed by atoms with Crippen LogP contribution in [0.4, 0.5) is 0 Å². The Morgan fingerprint density at radius 2 is 2.18 bits per heavy atom. The third-order valence-electron chi connectivity index (χ3n) is 4.52. The van der Waals surface area contributed by atoms with Gasteiger partial charge in [0, 0.05) is 11.3 Å². The number of fused-ring (bicyclic) bond motifs is 3. The summed E-state index contributed by atoms with van der Waals surface area (Å²) >= 11 is 0. The normalized spacial score (nSPS) is 43.9. The lowest BCUT2D eigenvalue weighted by molar-refractivity contribution is -0.143. The first kappa shape index (κ1) is 10.8. The molecular weight excluding hydrogens is 216 g/mol. The molecule has 1 aliphatic heterocycles. The average molecular weight is 232 g/mol. The Bertz CT molecular complexity index is 460. The highest BCUT2D eigenvalue weighted by Crippen LogP contribution is 2.51. The van der Waals surface area contributed by atoms with Crippen molar-refractivity contribution in [3.63, 3.8) is 0 Å². The van der Waals surface area contributed by atoms with Crippen molar-refractivity contribution in [1.29, 1.82) is 0 Å². The maximum absolute atomic E-state index is 11.6. The van der Waals surface area contributed by atoms with Crippen LogP contribution in [0.2, 0.25) is 0 Å². The number of esters is 1. The number of rotatable bonds is 0. The van der Waals surface area contributed by atoms with Crippen LogP contribution in [-0.4, -0.2) is 17.9 Å². The van der Waals surface area contributed by atoms with Crippen molar-refractivity contribution >= 4 is 11.8 Å². The van der Waals surface area contributed by atoms with Gasteiger partial charge in [-0.1, -0.05) is 19.9 Å². The van der Waals surface area contributed by atoms with E-state index in [0.717, 1.165) is 18.4 Å². The van der Waals surface area contributed by atoms with Crippen molar-refractivity contribution in [2.24, 2.45) is 17.3 Å². The molecule has 90 valence electrons. The molecule has 2 aliphatic carbocycles. The summed E-state index contributed by atoms with van der Waals surface area (Å²) in [5.74, 6) is 0.105. The Hall–Kier alpha value is -1.38. The van der Waals surface area contributed by atoms with E-state index in [9.17, 15) is 9.59 Å². The minimum Gasteiger partial charge on any atom is -0.457 e. The zero-order valence-electron chi connectivity index (χ0n) is 10.1. The topological polar surface area (TPSA) is 43.4 Å². The van der Waals surface area contributed by atoms with Crippen molar-refractivity contribution in [2.75, 3.05) is 0 Å². The number of hydrogen-bond donors (Lipinski definition) is 0. The van der Waals surface area contributed by atoms with Crippen LogP contribution in [0.25, 0.3) is 0 Å². The summed E-state index contributed by atoms with van der Waals surface area (Å²) in [6.07, 6.45) is 7.07. The Kier molecular flexibility index (Phi) is 2.09. The molecule has 0 spiro atoms. The predicted molar refractivity (Wildman–Crippen MR) is 62.1 cm³/mol.